The number of carbonyl (C=O) groups excluding carboxylic acids is 2. The molecule has 2 fully saturated rings. The Morgan fingerprint density at radius 3 is 2.50 bits per heavy atom. The van der Waals surface area contributed by atoms with Gasteiger partial charge in [-0.05, 0) is 49.4 Å². The molecule has 2 bridgehead atoms. The molecule has 2 aliphatic carbocycles. The van der Waals surface area contributed by atoms with Crippen LogP contribution in [0.25, 0.3) is 0 Å². The second kappa shape index (κ2) is 4.42. The minimum atomic E-state index is -0.790. The lowest BCUT2D eigenvalue weighted by Crippen LogP contribution is -2.44. The van der Waals surface area contributed by atoms with Gasteiger partial charge in [-0.2, -0.15) is 0 Å². The topological polar surface area (TPSA) is 46.2 Å². The third-order valence-electron chi connectivity index (χ3n) is 5.09. The number of hydrogen-bond acceptors (Lipinski definition) is 2. The average molecular weight is 336 g/mol. The van der Waals surface area contributed by atoms with E-state index in [1.807, 2.05) is 38.1 Å². The van der Waals surface area contributed by atoms with E-state index in [-0.39, 0.29) is 17.1 Å². The van der Waals surface area contributed by atoms with Gasteiger partial charge in [-0.3, -0.25) is 9.59 Å². The van der Waals surface area contributed by atoms with Gasteiger partial charge >= 0.3 is 0 Å². The Labute approximate surface area is 127 Å². The highest BCUT2D eigenvalue weighted by Gasteiger charge is 2.64. The molecule has 1 aromatic carbocycles. The highest BCUT2D eigenvalue weighted by Crippen LogP contribution is 2.60. The normalized spacial score (nSPS) is 30.6. The fourth-order valence-corrected chi connectivity index (χ4v) is 4.03. The number of hydrogen-bond donors (Lipinski definition) is 1. The van der Waals surface area contributed by atoms with Crippen molar-refractivity contribution in [1.29, 1.82) is 0 Å². The van der Waals surface area contributed by atoms with Crippen LogP contribution in [0.1, 0.15) is 33.1 Å². The van der Waals surface area contributed by atoms with E-state index in [0.717, 1.165) is 16.6 Å². The largest absolute Gasteiger partial charge is 0.325 e. The molecule has 1 amide bonds. The number of benzene rings is 1. The van der Waals surface area contributed by atoms with Crippen molar-refractivity contribution in [2.75, 3.05) is 5.32 Å². The predicted octanol–water partition coefficient (Wildman–Crippen LogP) is 3.78. The summed E-state index contributed by atoms with van der Waals surface area (Å²) in [5.74, 6) is 0.347. The molecule has 0 unspecified atom stereocenters. The van der Waals surface area contributed by atoms with Gasteiger partial charge in [0, 0.05) is 15.6 Å². The molecule has 0 saturated heterocycles. The van der Waals surface area contributed by atoms with Crippen LogP contribution >= 0.6 is 15.9 Å². The second-order valence-corrected chi connectivity index (χ2v) is 7.45. The van der Waals surface area contributed by atoms with E-state index in [9.17, 15) is 9.59 Å². The number of ketones is 1. The highest BCUT2D eigenvalue weighted by atomic mass is 79.9. The zero-order chi connectivity index (χ0) is 14.5. The standard InChI is InChI=1S/C16H18BrNO2/c1-15(2)10-7-8-16(9-10,13(15)19)14(20)18-12-5-3-11(17)4-6-12/h3-6,10H,7-9H2,1-2H3,(H,18,20)/t10-,16+/m1/s1. The summed E-state index contributed by atoms with van der Waals surface area (Å²) >= 11 is 3.37. The van der Waals surface area contributed by atoms with E-state index < -0.39 is 5.41 Å². The number of carbonyl (C=O) groups is 2. The van der Waals surface area contributed by atoms with Crippen LogP contribution in [0.5, 0.6) is 0 Å². The van der Waals surface area contributed by atoms with Crippen LogP contribution in [0.2, 0.25) is 0 Å². The summed E-state index contributed by atoms with van der Waals surface area (Å²) in [6.07, 6.45) is 2.38. The Kier molecular flexibility index (Phi) is 3.05. The zero-order valence-electron chi connectivity index (χ0n) is 11.7. The van der Waals surface area contributed by atoms with E-state index in [4.69, 9.17) is 0 Å². The van der Waals surface area contributed by atoms with Gasteiger partial charge in [0.25, 0.3) is 0 Å². The summed E-state index contributed by atoms with van der Waals surface area (Å²) < 4.78 is 0.965. The maximum absolute atomic E-state index is 12.6. The van der Waals surface area contributed by atoms with Crippen molar-refractivity contribution in [2.24, 2.45) is 16.7 Å². The van der Waals surface area contributed by atoms with Crippen LogP contribution in [0.4, 0.5) is 5.69 Å². The minimum Gasteiger partial charge on any atom is -0.325 e. The summed E-state index contributed by atoms with van der Waals surface area (Å²) in [5, 5.41) is 2.92. The molecule has 1 aromatic rings. The van der Waals surface area contributed by atoms with Crippen molar-refractivity contribution >= 4 is 33.3 Å². The molecule has 0 radical (unpaired) electrons. The Balaban J connectivity index is 1.84. The number of Topliss-reactive ketones (excluding diaryl/α,β-unsaturated/α-hetero) is 1. The second-order valence-electron chi connectivity index (χ2n) is 6.53. The van der Waals surface area contributed by atoms with Crippen LogP contribution in [-0.4, -0.2) is 11.7 Å². The maximum Gasteiger partial charge on any atom is 0.238 e. The SMILES string of the molecule is CC1(C)C(=O)[C@]2(C(=O)Nc3ccc(Br)cc3)CC[C@@H]1C2. The first-order chi connectivity index (χ1) is 9.36. The van der Waals surface area contributed by atoms with Gasteiger partial charge in [0.15, 0.2) is 5.78 Å². The molecule has 2 saturated carbocycles. The van der Waals surface area contributed by atoms with Crippen molar-refractivity contribution in [1.82, 2.24) is 0 Å². The van der Waals surface area contributed by atoms with Crippen LogP contribution in [0.3, 0.4) is 0 Å². The van der Waals surface area contributed by atoms with Gasteiger partial charge in [-0.25, -0.2) is 0 Å². The van der Waals surface area contributed by atoms with Crippen LogP contribution in [-0.2, 0) is 9.59 Å². The van der Waals surface area contributed by atoms with E-state index in [1.165, 1.54) is 0 Å². The number of rotatable bonds is 2. The van der Waals surface area contributed by atoms with Crippen LogP contribution in [0, 0.1) is 16.7 Å². The van der Waals surface area contributed by atoms with E-state index in [2.05, 4.69) is 21.2 Å². The summed E-state index contributed by atoms with van der Waals surface area (Å²) in [6, 6.07) is 7.45. The number of fused-ring (bicyclic) bond motifs is 2. The summed E-state index contributed by atoms with van der Waals surface area (Å²) in [7, 11) is 0. The quantitative estimate of drug-likeness (QED) is 0.836. The van der Waals surface area contributed by atoms with Crippen molar-refractivity contribution < 1.29 is 9.59 Å². The molecule has 0 spiro atoms. The highest BCUT2D eigenvalue weighted by molar-refractivity contribution is 9.10. The van der Waals surface area contributed by atoms with Gasteiger partial charge in [-0.15, -0.1) is 0 Å². The fourth-order valence-electron chi connectivity index (χ4n) is 3.76. The third-order valence-corrected chi connectivity index (χ3v) is 5.62. The first-order valence-corrected chi connectivity index (χ1v) is 7.77. The molecule has 2 atom stereocenters. The maximum atomic E-state index is 12.6. The Morgan fingerprint density at radius 2 is 1.95 bits per heavy atom. The van der Waals surface area contributed by atoms with Crippen molar-refractivity contribution in [3.8, 4) is 0 Å². The summed E-state index contributed by atoms with van der Waals surface area (Å²) in [4.78, 5) is 25.3. The fraction of sp³-hybridized carbons (Fsp3) is 0.500. The van der Waals surface area contributed by atoms with Gasteiger partial charge in [0.2, 0.25) is 5.91 Å². The van der Waals surface area contributed by atoms with E-state index in [1.54, 1.807) is 0 Å². The number of halogens is 1. The van der Waals surface area contributed by atoms with Crippen LogP contribution in [0.15, 0.2) is 28.7 Å². The summed E-state index contributed by atoms with van der Waals surface area (Å²) in [6.45, 7) is 3.96. The van der Waals surface area contributed by atoms with Gasteiger partial charge in [0.05, 0.1) is 0 Å². The molecule has 3 rings (SSSR count). The molecule has 0 aliphatic heterocycles. The summed E-state index contributed by atoms with van der Waals surface area (Å²) in [5.41, 5.74) is -0.398. The molecule has 0 heterocycles. The molecule has 20 heavy (non-hydrogen) atoms. The Hall–Kier alpha value is -1.16. The van der Waals surface area contributed by atoms with Gasteiger partial charge < -0.3 is 5.32 Å². The molecular weight excluding hydrogens is 318 g/mol. The molecule has 4 heteroatoms. The Morgan fingerprint density at radius 1 is 1.30 bits per heavy atom. The van der Waals surface area contributed by atoms with E-state index in [0.29, 0.717) is 18.8 Å². The Bertz CT molecular complexity index is 579. The first-order valence-electron chi connectivity index (χ1n) is 6.98. The predicted molar refractivity (Wildman–Crippen MR) is 81.3 cm³/mol. The van der Waals surface area contributed by atoms with Crippen LogP contribution < -0.4 is 5.32 Å². The molecule has 2 aliphatic rings. The molecule has 3 nitrogen and oxygen atoms in total. The monoisotopic (exact) mass is 335 g/mol. The number of anilines is 1. The lowest BCUT2D eigenvalue weighted by atomic mass is 9.70. The first kappa shape index (κ1) is 13.8. The minimum absolute atomic E-state index is 0.121. The van der Waals surface area contributed by atoms with E-state index >= 15 is 0 Å². The zero-order valence-corrected chi connectivity index (χ0v) is 13.3. The van der Waals surface area contributed by atoms with Crippen molar-refractivity contribution in [2.45, 2.75) is 33.1 Å². The smallest absolute Gasteiger partial charge is 0.238 e. The van der Waals surface area contributed by atoms with Gasteiger partial charge in [0.1, 0.15) is 5.41 Å². The molecule has 106 valence electrons. The van der Waals surface area contributed by atoms with Gasteiger partial charge in [-0.1, -0.05) is 29.8 Å². The molecular formula is C16H18BrNO2. The lowest BCUT2D eigenvalue weighted by molar-refractivity contribution is -0.142. The van der Waals surface area contributed by atoms with Crippen molar-refractivity contribution in [3.63, 3.8) is 0 Å². The number of amides is 1. The van der Waals surface area contributed by atoms with Crippen molar-refractivity contribution in [3.05, 3.63) is 28.7 Å². The molecule has 1 N–H and O–H groups in total. The average Bonchev–Trinajstić information content (AvgIpc) is 2.93. The molecule has 0 aromatic heterocycles. The number of nitrogens with one attached hydrogen (secondary N) is 1. The third kappa shape index (κ3) is 1.85. The lowest BCUT2D eigenvalue weighted by Gasteiger charge is -2.32.